The van der Waals surface area contributed by atoms with Gasteiger partial charge in [0.1, 0.15) is 11.4 Å². The van der Waals surface area contributed by atoms with Crippen molar-refractivity contribution in [3.63, 3.8) is 0 Å². The third-order valence-corrected chi connectivity index (χ3v) is 4.08. The molecule has 94 valence electrons. The van der Waals surface area contributed by atoms with E-state index in [2.05, 4.69) is 0 Å². The summed E-state index contributed by atoms with van der Waals surface area (Å²) in [7, 11) is -3.37. The minimum absolute atomic E-state index is 0.0746. The molecule has 0 bridgehead atoms. The standard InChI is InChI=1S/C9H11ClNO5P/c1-2-15-17(14,7-10)16-9-5-3-8(4-6-9)11(12)13/h3-6H,2,7H2,1H3/t17-/m1/s1. The average molecular weight is 280 g/mol. The van der Waals surface area contributed by atoms with Crippen molar-refractivity contribution in [3.05, 3.63) is 34.4 Å². The fourth-order valence-electron chi connectivity index (χ4n) is 1.07. The quantitative estimate of drug-likeness (QED) is 0.345. The summed E-state index contributed by atoms with van der Waals surface area (Å²) in [5, 5.41) is 10.4. The van der Waals surface area contributed by atoms with E-state index in [9.17, 15) is 14.7 Å². The molecule has 0 saturated heterocycles. The van der Waals surface area contributed by atoms with Crippen molar-refractivity contribution >= 4 is 24.9 Å². The van der Waals surface area contributed by atoms with Crippen LogP contribution in [0, 0.1) is 10.1 Å². The lowest BCUT2D eigenvalue weighted by molar-refractivity contribution is -0.384. The van der Waals surface area contributed by atoms with E-state index < -0.39 is 12.5 Å². The smallest absolute Gasteiger partial charge is 0.393 e. The Kier molecular flexibility index (Phi) is 4.93. The Bertz CT molecular complexity index is 436. The van der Waals surface area contributed by atoms with E-state index in [0.717, 1.165) is 0 Å². The molecule has 6 nitrogen and oxygen atoms in total. The van der Waals surface area contributed by atoms with E-state index in [-0.39, 0.29) is 23.7 Å². The Morgan fingerprint density at radius 2 is 2.00 bits per heavy atom. The van der Waals surface area contributed by atoms with Gasteiger partial charge in [0.25, 0.3) is 5.69 Å². The maximum Gasteiger partial charge on any atom is 0.393 e. The fraction of sp³-hybridized carbons (Fsp3) is 0.333. The lowest BCUT2D eigenvalue weighted by Gasteiger charge is -2.15. The van der Waals surface area contributed by atoms with Crippen LogP contribution in [-0.2, 0) is 9.09 Å². The van der Waals surface area contributed by atoms with Crippen LogP contribution in [0.5, 0.6) is 5.75 Å². The van der Waals surface area contributed by atoms with Gasteiger partial charge in [-0.05, 0) is 19.1 Å². The first kappa shape index (κ1) is 14.0. The zero-order valence-corrected chi connectivity index (χ0v) is 10.7. The summed E-state index contributed by atoms with van der Waals surface area (Å²) in [6, 6.07) is 5.19. The van der Waals surface area contributed by atoms with Gasteiger partial charge >= 0.3 is 7.60 Å². The van der Waals surface area contributed by atoms with E-state index in [1.165, 1.54) is 24.3 Å². The van der Waals surface area contributed by atoms with Crippen LogP contribution >= 0.6 is 19.2 Å². The molecule has 0 fully saturated rings. The number of nitro groups is 1. The predicted octanol–water partition coefficient (Wildman–Crippen LogP) is 3.40. The minimum Gasteiger partial charge on any atom is -0.424 e. The van der Waals surface area contributed by atoms with Gasteiger partial charge in [-0.15, -0.1) is 11.6 Å². The maximum absolute atomic E-state index is 11.9. The third-order valence-electron chi connectivity index (χ3n) is 1.76. The van der Waals surface area contributed by atoms with Crippen LogP contribution in [0.25, 0.3) is 0 Å². The summed E-state index contributed by atoms with van der Waals surface area (Å²) < 4.78 is 21.9. The molecule has 0 N–H and O–H groups in total. The second-order valence-corrected chi connectivity index (χ2v) is 5.61. The maximum atomic E-state index is 11.9. The van der Waals surface area contributed by atoms with Gasteiger partial charge in [0.15, 0.2) is 0 Å². The zero-order valence-electron chi connectivity index (χ0n) is 9.04. The molecule has 0 aliphatic carbocycles. The van der Waals surface area contributed by atoms with Gasteiger partial charge in [-0.2, -0.15) is 0 Å². The number of nitro benzene ring substituents is 1. The number of rotatable bonds is 6. The minimum atomic E-state index is -3.37. The van der Waals surface area contributed by atoms with Crippen molar-refractivity contribution in [1.82, 2.24) is 0 Å². The van der Waals surface area contributed by atoms with Crippen LogP contribution in [-0.4, -0.2) is 17.2 Å². The fourth-order valence-corrected chi connectivity index (χ4v) is 2.43. The van der Waals surface area contributed by atoms with Crippen molar-refractivity contribution < 1.29 is 18.5 Å². The Morgan fingerprint density at radius 1 is 1.41 bits per heavy atom. The van der Waals surface area contributed by atoms with Crippen LogP contribution < -0.4 is 4.52 Å². The number of non-ortho nitro benzene ring substituents is 1. The van der Waals surface area contributed by atoms with Crippen LogP contribution in [0.15, 0.2) is 24.3 Å². The highest BCUT2D eigenvalue weighted by Gasteiger charge is 2.24. The van der Waals surface area contributed by atoms with Gasteiger partial charge < -0.3 is 4.52 Å². The number of alkyl halides is 1. The summed E-state index contributed by atoms with van der Waals surface area (Å²) in [5.41, 5.74) is -0.355. The van der Waals surface area contributed by atoms with E-state index in [1.807, 2.05) is 0 Å². The summed E-state index contributed by atoms with van der Waals surface area (Å²) in [6.07, 6.45) is 0. The molecule has 0 aliphatic heterocycles. The average Bonchev–Trinajstić information content (AvgIpc) is 2.30. The van der Waals surface area contributed by atoms with Crippen molar-refractivity contribution in [2.24, 2.45) is 0 Å². The summed E-state index contributed by atoms with van der Waals surface area (Å²) in [6.45, 7) is 1.87. The van der Waals surface area contributed by atoms with Crippen molar-refractivity contribution in [3.8, 4) is 5.75 Å². The van der Waals surface area contributed by atoms with E-state index in [4.69, 9.17) is 20.6 Å². The molecule has 0 unspecified atom stereocenters. The SMILES string of the molecule is CCO[P@](=O)(CCl)Oc1ccc([N+](=O)[O-])cc1. The van der Waals surface area contributed by atoms with Gasteiger partial charge in [-0.3, -0.25) is 14.6 Å². The molecule has 1 aromatic rings. The monoisotopic (exact) mass is 279 g/mol. The lowest BCUT2D eigenvalue weighted by atomic mass is 10.3. The highest BCUT2D eigenvalue weighted by molar-refractivity contribution is 7.56. The van der Waals surface area contributed by atoms with Crippen molar-refractivity contribution in [2.45, 2.75) is 6.92 Å². The van der Waals surface area contributed by atoms with Crippen LogP contribution in [0.4, 0.5) is 5.69 Å². The van der Waals surface area contributed by atoms with Crippen molar-refractivity contribution in [1.29, 1.82) is 0 Å². The van der Waals surface area contributed by atoms with Crippen LogP contribution in [0.2, 0.25) is 0 Å². The highest BCUT2D eigenvalue weighted by Crippen LogP contribution is 2.49. The number of hydrogen-bond acceptors (Lipinski definition) is 5. The number of nitrogens with zero attached hydrogens (tertiary/aromatic N) is 1. The van der Waals surface area contributed by atoms with Gasteiger partial charge in [0, 0.05) is 12.1 Å². The topological polar surface area (TPSA) is 78.7 Å². The number of hydrogen-bond donors (Lipinski definition) is 0. The van der Waals surface area contributed by atoms with Crippen LogP contribution in [0.3, 0.4) is 0 Å². The van der Waals surface area contributed by atoms with E-state index in [1.54, 1.807) is 6.92 Å². The third kappa shape index (κ3) is 4.00. The van der Waals surface area contributed by atoms with E-state index in [0.29, 0.717) is 0 Å². The number of benzene rings is 1. The zero-order chi connectivity index (χ0) is 12.9. The Morgan fingerprint density at radius 3 is 2.41 bits per heavy atom. The Labute approximate surface area is 103 Å². The van der Waals surface area contributed by atoms with Gasteiger partial charge in [-0.1, -0.05) is 0 Å². The summed E-state index contributed by atoms with van der Waals surface area (Å²) in [5.74, 6) is 0.216. The van der Waals surface area contributed by atoms with Gasteiger partial charge in [0.2, 0.25) is 0 Å². The molecule has 0 heterocycles. The van der Waals surface area contributed by atoms with Gasteiger partial charge in [-0.25, -0.2) is 4.57 Å². The molecule has 0 aliphatic rings. The summed E-state index contributed by atoms with van der Waals surface area (Å²) in [4.78, 5) is 9.89. The molecule has 0 amide bonds. The predicted molar refractivity (Wildman–Crippen MR) is 63.7 cm³/mol. The molecular formula is C9H11ClNO5P. The molecule has 1 rings (SSSR count). The molecule has 17 heavy (non-hydrogen) atoms. The lowest BCUT2D eigenvalue weighted by Crippen LogP contribution is -1.99. The molecule has 0 spiro atoms. The largest absolute Gasteiger partial charge is 0.424 e. The normalized spacial score (nSPS) is 14.0. The second-order valence-electron chi connectivity index (χ2n) is 2.99. The first-order chi connectivity index (χ1) is 8.00. The molecule has 0 saturated carbocycles. The van der Waals surface area contributed by atoms with Crippen LogP contribution in [0.1, 0.15) is 6.92 Å². The molecule has 0 radical (unpaired) electrons. The molecule has 1 aromatic carbocycles. The molecule has 1 atom stereocenters. The second kappa shape index (κ2) is 6.00. The summed E-state index contributed by atoms with van der Waals surface area (Å²) >= 11 is 5.50. The van der Waals surface area contributed by atoms with Crippen molar-refractivity contribution in [2.75, 3.05) is 12.2 Å². The van der Waals surface area contributed by atoms with Gasteiger partial charge in [0.05, 0.1) is 11.5 Å². The van der Waals surface area contributed by atoms with E-state index >= 15 is 0 Å². The molecule has 8 heteroatoms. The first-order valence-electron chi connectivity index (χ1n) is 4.74. The molecule has 0 aromatic heterocycles. The Balaban J connectivity index is 2.81. The Hall–Kier alpha value is -1.10. The molecular weight excluding hydrogens is 269 g/mol. The highest BCUT2D eigenvalue weighted by atomic mass is 35.5. The number of halogens is 1. The first-order valence-corrected chi connectivity index (χ1v) is 7.00.